The van der Waals surface area contributed by atoms with Crippen molar-refractivity contribution in [2.75, 3.05) is 22.4 Å². The number of hydrogen-bond acceptors (Lipinski definition) is 3. The van der Waals surface area contributed by atoms with Crippen LogP contribution in [0, 0.1) is 13.8 Å². The fourth-order valence-corrected chi connectivity index (χ4v) is 5.48. The summed E-state index contributed by atoms with van der Waals surface area (Å²) in [5.74, 6) is -0.104. The Labute approximate surface area is 184 Å². The third-order valence-electron chi connectivity index (χ3n) is 5.81. The van der Waals surface area contributed by atoms with E-state index in [9.17, 15) is 13.2 Å². The molecule has 0 saturated heterocycles. The van der Waals surface area contributed by atoms with Crippen LogP contribution in [0.1, 0.15) is 35.1 Å². The summed E-state index contributed by atoms with van der Waals surface area (Å²) in [4.78, 5) is 12.6. The molecule has 0 saturated carbocycles. The number of anilines is 2. The number of amides is 1. The SMILES string of the molecule is Cc1cc(C)cc(N(CCCC(=O)Nc2ccc3c4c(cccc24)CC3)S(C)(=O)=O)c1. The number of rotatable bonds is 7. The molecule has 0 heterocycles. The highest BCUT2D eigenvalue weighted by Gasteiger charge is 2.19. The fraction of sp³-hybridized carbons (Fsp3) is 0.320. The first kappa shape index (κ1) is 21.4. The molecular weight excluding hydrogens is 408 g/mol. The van der Waals surface area contributed by atoms with Gasteiger partial charge in [0, 0.05) is 24.0 Å². The summed E-state index contributed by atoms with van der Waals surface area (Å²) in [6.45, 7) is 4.16. The maximum Gasteiger partial charge on any atom is 0.232 e. The Bertz CT molecular complexity index is 1230. The first-order chi connectivity index (χ1) is 14.7. The van der Waals surface area contributed by atoms with E-state index in [2.05, 4.69) is 23.5 Å². The minimum absolute atomic E-state index is 0.104. The van der Waals surface area contributed by atoms with Crippen molar-refractivity contribution in [1.29, 1.82) is 0 Å². The van der Waals surface area contributed by atoms with Crippen LogP contribution < -0.4 is 9.62 Å². The predicted octanol–water partition coefficient (Wildman–Crippen LogP) is 4.74. The lowest BCUT2D eigenvalue weighted by Gasteiger charge is -2.23. The molecule has 0 aromatic heterocycles. The summed E-state index contributed by atoms with van der Waals surface area (Å²) in [6, 6.07) is 16.0. The molecule has 0 bridgehead atoms. The van der Waals surface area contributed by atoms with E-state index in [0.717, 1.165) is 35.0 Å². The average molecular weight is 437 g/mol. The number of carbonyl (C=O) groups is 1. The van der Waals surface area contributed by atoms with Crippen LogP contribution in [0.25, 0.3) is 10.8 Å². The van der Waals surface area contributed by atoms with Gasteiger partial charge < -0.3 is 5.32 Å². The number of nitrogens with one attached hydrogen (secondary N) is 1. The Hall–Kier alpha value is -2.86. The second-order valence-electron chi connectivity index (χ2n) is 8.44. The molecule has 0 atom stereocenters. The van der Waals surface area contributed by atoms with E-state index in [4.69, 9.17) is 0 Å². The molecule has 3 aromatic carbocycles. The zero-order chi connectivity index (χ0) is 22.2. The van der Waals surface area contributed by atoms with Gasteiger partial charge in [-0.2, -0.15) is 0 Å². The Morgan fingerprint density at radius 3 is 2.35 bits per heavy atom. The van der Waals surface area contributed by atoms with Crippen LogP contribution in [-0.4, -0.2) is 27.1 Å². The number of aryl methyl sites for hydroxylation is 4. The van der Waals surface area contributed by atoms with E-state index < -0.39 is 10.0 Å². The number of hydrogen-bond donors (Lipinski definition) is 1. The Morgan fingerprint density at radius 1 is 1.00 bits per heavy atom. The lowest BCUT2D eigenvalue weighted by Crippen LogP contribution is -2.31. The minimum Gasteiger partial charge on any atom is -0.326 e. The van der Waals surface area contributed by atoms with Crippen molar-refractivity contribution in [2.24, 2.45) is 0 Å². The third-order valence-corrected chi connectivity index (χ3v) is 7.00. The highest BCUT2D eigenvalue weighted by Crippen LogP contribution is 2.35. The largest absolute Gasteiger partial charge is 0.326 e. The van der Waals surface area contributed by atoms with Gasteiger partial charge in [0.2, 0.25) is 15.9 Å². The average Bonchev–Trinajstić information content (AvgIpc) is 3.10. The van der Waals surface area contributed by atoms with Gasteiger partial charge in [-0.3, -0.25) is 9.10 Å². The smallest absolute Gasteiger partial charge is 0.232 e. The van der Waals surface area contributed by atoms with E-state index in [-0.39, 0.29) is 18.9 Å². The summed E-state index contributed by atoms with van der Waals surface area (Å²) in [5.41, 5.74) is 6.15. The van der Waals surface area contributed by atoms with Crippen molar-refractivity contribution in [3.05, 3.63) is 70.8 Å². The van der Waals surface area contributed by atoms with Crippen molar-refractivity contribution in [3.63, 3.8) is 0 Å². The standard InChI is InChI=1S/C25H28N2O3S/c1-17-14-18(2)16-21(15-17)27(31(3,29)30)13-5-8-24(28)26-23-12-11-20-10-9-19-6-4-7-22(23)25(19)20/h4,6-7,11-12,14-16H,5,8-10,13H2,1-3H3,(H,26,28). The first-order valence-corrected chi connectivity index (χ1v) is 12.5. The van der Waals surface area contributed by atoms with Crippen LogP contribution in [0.15, 0.2) is 48.5 Å². The lowest BCUT2D eigenvalue weighted by molar-refractivity contribution is -0.116. The molecule has 0 spiro atoms. The number of nitrogens with zero attached hydrogens (tertiary/aromatic N) is 1. The molecule has 31 heavy (non-hydrogen) atoms. The summed E-state index contributed by atoms with van der Waals surface area (Å²) >= 11 is 0. The number of sulfonamides is 1. The van der Waals surface area contributed by atoms with Crippen LogP contribution in [0.4, 0.5) is 11.4 Å². The monoisotopic (exact) mass is 436 g/mol. The summed E-state index contributed by atoms with van der Waals surface area (Å²) in [7, 11) is -3.44. The van der Waals surface area contributed by atoms with Gasteiger partial charge in [-0.1, -0.05) is 30.3 Å². The molecule has 1 aliphatic carbocycles. The molecule has 1 aliphatic rings. The summed E-state index contributed by atoms with van der Waals surface area (Å²) < 4.78 is 26.1. The molecule has 1 amide bonds. The fourth-order valence-electron chi connectivity index (χ4n) is 4.53. The van der Waals surface area contributed by atoms with Crippen molar-refractivity contribution in [2.45, 2.75) is 39.5 Å². The molecule has 6 heteroatoms. The van der Waals surface area contributed by atoms with E-state index in [1.165, 1.54) is 27.1 Å². The van der Waals surface area contributed by atoms with Gasteiger partial charge in [-0.15, -0.1) is 0 Å². The molecule has 4 rings (SSSR count). The highest BCUT2D eigenvalue weighted by molar-refractivity contribution is 7.92. The Kier molecular flexibility index (Phi) is 5.75. The molecule has 0 radical (unpaired) electrons. The molecule has 162 valence electrons. The maximum atomic E-state index is 12.6. The quantitative estimate of drug-likeness (QED) is 0.582. The predicted molar refractivity (Wildman–Crippen MR) is 127 cm³/mol. The Balaban J connectivity index is 1.45. The van der Waals surface area contributed by atoms with Crippen molar-refractivity contribution in [3.8, 4) is 0 Å². The minimum atomic E-state index is -3.44. The Morgan fingerprint density at radius 2 is 1.68 bits per heavy atom. The van der Waals surface area contributed by atoms with Gasteiger partial charge >= 0.3 is 0 Å². The molecule has 1 N–H and O–H groups in total. The van der Waals surface area contributed by atoms with E-state index >= 15 is 0 Å². The summed E-state index contributed by atoms with van der Waals surface area (Å²) in [6.07, 6.45) is 3.98. The van der Waals surface area contributed by atoms with Crippen LogP contribution >= 0.6 is 0 Å². The normalized spacial score (nSPS) is 12.9. The zero-order valence-corrected chi connectivity index (χ0v) is 19.1. The molecule has 5 nitrogen and oxygen atoms in total. The second-order valence-corrected chi connectivity index (χ2v) is 10.4. The van der Waals surface area contributed by atoms with Crippen LogP contribution in [-0.2, 0) is 27.7 Å². The van der Waals surface area contributed by atoms with E-state index in [1.54, 1.807) is 0 Å². The van der Waals surface area contributed by atoms with Gasteiger partial charge in [-0.05, 0) is 78.9 Å². The van der Waals surface area contributed by atoms with E-state index in [1.807, 2.05) is 44.2 Å². The first-order valence-electron chi connectivity index (χ1n) is 10.6. The summed E-state index contributed by atoms with van der Waals surface area (Å²) in [5, 5.41) is 5.37. The van der Waals surface area contributed by atoms with Gasteiger partial charge in [0.1, 0.15) is 0 Å². The molecule has 3 aromatic rings. The van der Waals surface area contributed by atoms with E-state index in [0.29, 0.717) is 12.1 Å². The topological polar surface area (TPSA) is 66.5 Å². The van der Waals surface area contributed by atoms with Crippen LogP contribution in [0.5, 0.6) is 0 Å². The maximum absolute atomic E-state index is 12.6. The van der Waals surface area contributed by atoms with Gasteiger partial charge in [0.05, 0.1) is 11.9 Å². The zero-order valence-electron chi connectivity index (χ0n) is 18.2. The van der Waals surface area contributed by atoms with Gasteiger partial charge in [0.25, 0.3) is 0 Å². The van der Waals surface area contributed by atoms with Crippen molar-refractivity contribution >= 4 is 38.1 Å². The van der Waals surface area contributed by atoms with Gasteiger partial charge in [0.15, 0.2) is 0 Å². The van der Waals surface area contributed by atoms with Crippen molar-refractivity contribution in [1.82, 2.24) is 0 Å². The number of benzene rings is 3. The lowest BCUT2D eigenvalue weighted by atomic mass is 10.0. The van der Waals surface area contributed by atoms with Crippen molar-refractivity contribution < 1.29 is 13.2 Å². The van der Waals surface area contributed by atoms with Gasteiger partial charge in [-0.25, -0.2) is 8.42 Å². The number of carbonyl (C=O) groups excluding carboxylic acids is 1. The van der Waals surface area contributed by atoms with Crippen LogP contribution in [0.3, 0.4) is 0 Å². The molecule has 0 fully saturated rings. The molecular formula is C25H28N2O3S. The molecule has 0 aliphatic heterocycles. The molecule has 0 unspecified atom stereocenters. The second kappa shape index (κ2) is 8.35. The highest BCUT2D eigenvalue weighted by atomic mass is 32.2. The van der Waals surface area contributed by atoms with Crippen LogP contribution in [0.2, 0.25) is 0 Å². The third kappa shape index (κ3) is 4.59.